The van der Waals surface area contributed by atoms with Gasteiger partial charge in [-0.1, -0.05) is 24.3 Å². The van der Waals surface area contributed by atoms with Crippen LogP contribution in [0.15, 0.2) is 24.3 Å². The Morgan fingerprint density at radius 2 is 2.20 bits per heavy atom. The normalized spacial score (nSPS) is 27.8. The molecule has 1 saturated heterocycles. The Labute approximate surface area is 125 Å². The molecule has 1 aromatic carbocycles. The van der Waals surface area contributed by atoms with E-state index >= 15 is 0 Å². The number of carbonyl (C=O) groups excluding carboxylic acids is 1. The van der Waals surface area contributed by atoms with Crippen molar-refractivity contribution in [2.24, 2.45) is 0 Å². The molecule has 3 N–H and O–H groups in total. The fraction of sp³-hybridized carbons (Fsp3) is 0.533. The third-order valence-corrected chi connectivity index (χ3v) is 4.11. The molecule has 1 aliphatic heterocycles. The minimum atomic E-state index is -0.502. The van der Waals surface area contributed by atoms with E-state index in [1.807, 2.05) is 24.3 Å². The van der Waals surface area contributed by atoms with E-state index < -0.39 is 6.10 Å². The molecule has 3 rings (SSSR count). The molecular formula is C15H21ClN2O2. The van der Waals surface area contributed by atoms with Gasteiger partial charge in [-0.2, -0.15) is 0 Å². The number of carbonyl (C=O) groups is 1. The Kier molecular flexibility index (Phi) is 5.02. The van der Waals surface area contributed by atoms with Gasteiger partial charge in [0.2, 0.25) is 5.91 Å². The maximum Gasteiger partial charge on any atom is 0.222 e. The number of aliphatic hydroxyl groups excluding tert-OH is 1. The molecule has 0 saturated carbocycles. The second-order valence-corrected chi connectivity index (χ2v) is 5.51. The molecule has 2 aliphatic rings. The second-order valence-electron chi connectivity index (χ2n) is 5.51. The number of fused-ring (bicyclic) bond motifs is 1. The van der Waals surface area contributed by atoms with E-state index in [-0.39, 0.29) is 24.4 Å². The number of benzene rings is 1. The molecule has 0 spiro atoms. The molecule has 5 heteroatoms. The van der Waals surface area contributed by atoms with Crippen LogP contribution in [0.4, 0.5) is 0 Å². The number of nitrogens with one attached hydrogen (secondary N) is 2. The third-order valence-electron chi connectivity index (χ3n) is 4.11. The predicted octanol–water partition coefficient (Wildman–Crippen LogP) is 1.32. The van der Waals surface area contributed by atoms with E-state index in [2.05, 4.69) is 10.6 Å². The number of hydrogen-bond donors (Lipinski definition) is 3. The number of aliphatic hydroxyl groups is 1. The van der Waals surface area contributed by atoms with Crippen molar-refractivity contribution in [2.45, 2.75) is 43.9 Å². The summed E-state index contributed by atoms with van der Waals surface area (Å²) in [6.07, 6.45) is 2.84. The minimum absolute atomic E-state index is 0. The van der Waals surface area contributed by atoms with Crippen LogP contribution in [0.2, 0.25) is 0 Å². The minimum Gasteiger partial charge on any atom is -0.390 e. The Bertz CT molecular complexity index is 475. The summed E-state index contributed by atoms with van der Waals surface area (Å²) < 4.78 is 0. The summed E-state index contributed by atoms with van der Waals surface area (Å²) in [5, 5.41) is 16.4. The highest BCUT2D eigenvalue weighted by Crippen LogP contribution is 2.31. The van der Waals surface area contributed by atoms with E-state index in [4.69, 9.17) is 0 Å². The molecule has 0 aromatic heterocycles. The largest absolute Gasteiger partial charge is 0.390 e. The molecule has 110 valence electrons. The first-order chi connectivity index (χ1) is 9.24. The molecule has 1 aromatic rings. The first-order valence-corrected chi connectivity index (χ1v) is 7.02. The lowest BCUT2D eigenvalue weighted by atomic mass is 10.1. The van der Waals surface area contributed by atoms with Gasteiger partial charge in [0.1, 0.15) is 0 Å². The highest BCUT2D eigenvalue weighted by Gasteiger charge is 2.32. The average Bonchev–Trinajstić information content (AvgIpc) is 2.99. The van der Waals surface area contributed by atoms with E-state index in [0.717, 1.165) is 30.5 Å². The van der Waals surface area contributed by atoms with Crippen LogP contribution in [0.1, 0.15) is 36.4 Å². The van der Waals surface area contributed by atoms with Crippen LogP contribution in [0.5, 0.6) is 0 Å². The van der Waals surface area contributed by atoms with Gasteiger partial charge in [0, 0.05) is 18.9 Å². The Morgan fingerprint density at radius 1 is 1.40 bits per heavy atom. The molecule has 0 radical (unpaired) electrons. The van der Waals surface area contributed by atoms with Crippen LogP contribution >= 0.6 is 12.4 Å². The SMILES string of the molecule is Cl.O=C(CC1CCCN1)N[C@@H]1c2ccccc2C[C@@H]1O. The number of amides is 1. The zero-order chi connectivity index (χ0) is 13.2. The second kappa shape index (κ2) is 6.57. The van der Waals surface area contributed by atoms with Crippen molar-refractivity contribution >= 4 is 18.3 Å². The lowest BCUT2D eigenvalue weighted by molar-refractivity contribution is -0.123. The lowest BCUT2D eigenvalue weighted by Crippen LogP contribution is -2.37. The smallest absolute Gasteiger partial charge is 0.222 e. The van der Waals surface area contributed by atoms with Crippen molar-refractivity contribution in [1.82, 2.24) is 10.6 Å². The number of halogens is 1. The van der Waals surface area contributed by atoms with Gasteiger partial charge >= 0.3 is 0 Å². The van der Waals surface area contributed by atoms with Gasteiger partial charge in [-0.05, 0) is 30.5 Å². The van der Waals surface area contributed by atoms with Gasteiger partial charge < -0.3 is 15.7 Å². The average molecular weight is 297 g/mol. The first-order valence-electron chi connectivity index (χ1n) is 7.02. The highest BCUT2D eigenvalue weighted by molar-refractivity contribution is 5.85. The summed E-state index contributed by atoms with van der Waals surface area (Å²) >= 11 is 0. The van der Waals surface area contributed by atoms with Crippen LogP contribution < -0.4 is 10.6 Å². The van der Waals surface area contributed by atoms with Crippen LogP contribution in [0.3, 0.4) is 0 Å². The molecular weight excluding hydrogens is 276 g/mol. The van der Waals surface area contributed by atoms with Crippen LogP contribution in [0.25, 0.3) is 0 Å². The quantitative estimate of drug-likeness (QED) is 0.788. The monoisotopic (exact) mass is 296 g/mol. The van der Waals surface area contributed by atoms with Crippen molar-refractivity contribution in [3.63, 3.8) is 0 Å². The highest BCUT2D eigenvalue weighted by atomic mass is 35.5. The Balaban J connectivity index is 0.00000147. The van der Waals surface area contributed by atoms with E-state index in [0.29, 0.717) is 18.9 Å². The maximum absolute atomic E-state index is 12.0. The molecule has 3 atom stereocenters. The third kappa shape index (κ3) is 3.14. The zero-order valence-corrected chi connectivity index (χ0v) is 12.2. The van der Waals surface area contributed by atoms with Gasteiger partial charge in [0.15, 0.2) is 0 Å². The molecule has 1 unspecified atom stereocenters. The maximum atomic E-state index is 12.0. The molecule has 0 bridgehead atoms. The summed E-state index contributed by atoms with van der Waals surface area (Å²) in [4.78, 5) is 12.0. The molecule has 1 aliphatic carbocycles. The van der Waals surface area contributed by atoms with Crippen molar-refractivity contribution in [2.75, 3.05) is 6.54 Å². The summed E-state index contributed by atoms with van der Waals surface area (Å²) in [6.45, 7) is 1.01. The lowest BCUT2D eigenvalue weighted by Gasteiger charge is -2.19. The Morgan fingerprint density at radius 3 is 2.95 bits per heavy atom. The van der Waals surface area contributed by atoms with Crippen LogP contribution in [-0.2, 0) is 11.2 Å². The van der Waals surface area contributed by atoms with Gasteiger partial charge in [-0.3, -0.25) is 4.79 Å². The van der Waals surface area contributed by atoms with Gasteiger partial charge in [-0.25, -0.2) is 0 Å². The number of hydrogen-bond acceptors (Lipinski definition) is 3. The topological polar surface area (TPSA) is 61.4 Å². The predicted molar refractivity (Wildman–Crippen MR) is 79.9 cm³/mol. The summed E-state index contributed by atoms with van der Waals surface area (Å²) in [6, 6.07) is 7.99. The number of rotatable bonds is 3. The fourth-order valence-corrected chi connectivity index (χ4v) is 3.13. The molecule has 4 nitrogen and oxygen atoms in total. The molecule has 1 fully saturated rings. The summed E-state index contributed by atoms with van der Waals surface area (Å²) in [5.74, 6) is 0.0279. The van der Waals surface area contributed by atoms with Gasteiger partial charge in [-0.15, -0.1) is 12.4 Å². The van der Waals surface area contributed by atoms with Crippen molar-refractivity contribution in [3.05, 3.63) is 35.4 Å². The molecule has 20 heavy (non-hydrogen) atoms. The van der Waals surface area contributed by atoms with E-state index in [1.54, 1.807) is 0 Å². The zero-order valence-electron chi connectivity index (χ0n) is 11.3. The Hall–Kier alpha value is -1.10. The van der Waals surface area contributed by atoms with Crippen LogP contribution in [-0.4, -0.2) is 29.7 Å². The van der Waals surface area contributed by atoms with E-state index in [1.165, 1.54) is 0 Å². The van der Waals surface area contributed by atoms with Crippen molar-refractivity contribution in [3.8, 4) is 0 Å². The van der Waals surface area contributed by atoms with Crippen molar-refractivity contribution < 1.29 is 9.90 Å². The fourth-order valence-electron chi connectivity index (χ4n) is 3.13. The first kappa shape index (κ1) is 15.3. The summed E-state index contributed by atoms with van der Waals surface area (Å²) in [5.41, 5.74) is 2.20. The molecule has 1 heterocycles. The van der Waals surface area contributed by atoms with Crippen molar-refractivity contribution in [1.29, 1.82) is 0 Å². The summed E-state index contributed by atoms with van der Waals surface area (Å²) in [7, 11) is 0. The van der Waals surface area contributed by atoms with E-state index in [9.17, 15) is 9.90 Å². The van der Waals surface area contributed by atoms with Gasteiger partial charge in [0.05, 0.1) is 12.1 Å². The molecule has 1 amide bonds. The standard InChI is InChI=1S/C15H20N2O2.ClH/c18-13-8-10-4-1-2-6-12(10)15(13)17-14(19)9-11-5-3-7-16-11;/h1-2,4,6,11,13,15-16,18H,3,5,7-9H2,(H,17,19);1H/t11?,13-,15+;/m0./s1. The van der Waals surface area contributed by atoms with Gasteiger partial charge in [0.25, 0.3) is 0 Å². The van der Waals surface area contributed by atoms with Crippen LogP contribution in [0, 0.1) is 0 Å².